The maximum absolute atomic E-state index is 12.1. The average molecular weight is 312 g/mol. The van der Waals surface area contributed by atoms with Gasteiger partial charge in [-0.05, 0) is 37.6 Å². The number of thiazole rings is 1. The fraction of sp³-hybridized carbons (Fsp3) is 0.429. The van der Waals surface area contributed by atoms with Crippen molar-refractivity contribution in [1.29, 1.82) is 0 Å². The second-order valence-electron chi connectivity index (χ2n) is 5.14. The summed E-state index contributed by atoms with van der Waals surface area (Å²) in [6.07, 6.45) is 0. The van der Waals surface area contributed by atoms with Gasteiger partial charge in [0.15, 0.2) is 5.13 Å². The molecule has 0 saturated carbocycles. The number of hydrogen-bond acceptors (Lipinski definition) is 4. The van der Waals surface area contributed by atoms with Gasteiger partial charge in [0.2, 0.25) is 5.91 Å². The molecule has 3 rings (SSSR count). The van der Waals surface area contributed by atoms with Crippen LogP contribution in [-0.4, -0.2) is 24.0 Å². The molecule has 1 fully saturated rings. The molecule has 2 aromatic rings. The van der Waals surface area contributed by atoms with E-state index in [0.717, 1.165) is 28.9 Å². The number of aryl methyl sites for hydroxylation is 1. The summed E-state index contributed by atoms with van der Waals surface area (Å²) in [5.74, 6) is 0.564. The number of nitrogens with one attached hydrogen (secondary N) is 2. The number of hydrogen-bond donors (Lipinski definition) is 2. The van der Waals surface area contributed by atoms with Crippen molar-refractivity contribution < 1.29 is 4.79 Å². The average Bonchev–Trinajstić information content (AvgIpc) is 2.70. The summed E-state index contributed by atoms with van der Waals surface area (Å²) in [6, 6.07) is 6.09. The van der Waals surface area contributed by atoms with E-state index in [0.29, 0.717) is 11.0 Å². The topological polar surface area (TPSA) is 54.0 Å². The summed E-state index contributed by atoms with van der Waals surface area (Å²) in [6.45, 7) is 5.90. The summed E-state index contributed by atoms with van der Waals surface area (Å²) < 4.78 is 1.12. The maximum Gasteiger partial charge on any atom is 0.229 e. The van der Waals surface area contributed by atoms with Gasteiger partial charge in [0, 0.05) is 5.92 Å². The van der Waals surface area contributed by atoms with Crippen LogP contribution in [0.15, 0.2) is 18.2 Å². The van der Waals surface area contributed by atoms with Gasteiger partial charge in [-0.3, -0.25) is 4.79 Å². The molecule has 2 N–H and O–H groups in total. The van der Waals surface area contributed by atoms with Crippen LogP contribution in [0.3, 0.4) is 0 Å². The molecule has 0 aliphatic carbocycles. The molecule has 1 aliphatic heterocycles. The molecule has 20 heavy (non-hydrogen) atoms. The third-order valence-corrected chi connectivity index (χ3v) is 4.72. The van der Waals surface area contributed by atoms with Crippen molar-refractivity contribution in [3.63, 3.8) is 0 Å². The number of amides is 1. The number of carbonyl (C=O) groups excluding carboxylic acids is 1. The number of benzene rings is 1. The van der Waals surface area contributed by atoms with E-state index in [-0.39, 0.29) is 24.2 Å². The fourth-order valence-electron chi connectivity index (χ4n) is 2.24. The van der Waals surface area contributed by atoms with E-state index >= 15 is 0 Å². The Morgan fingerprint density at radius 1 is 1.50 bits per heavy atom. The van der Waals surface area contributed by atoms with Crippen molar-refractivity contribution in [3.8, 4) is 0 Å². The van der Waals surface area contributed by atoms with Crippen LogP contribution < -0.4 is 10.6 Å². The monoisotopic (exact) mass is 311 g/mol. The summed E-state index contributed by atoms with van der Waals surface area (Å²) in [5, 5.41) is 6.85. The quantitative estimate of drug-likeness (QED) is 0.916. The van der Waals surface area contributed by atoms with Crippen molar-refractivity contribution >= 4 is 45.0 Å². The lowest BCUT2D eigenvalue weighted by atomic mass is 9.88. The van der Waals surface area contributed by atoms with Crippen molar-refractivity contribution in [1.82, 2.24) is 10.3 Å². The van der Waals surface area contributed by atoms with Crippen LogP contribution in [0.5, 0.6) is 0 Å². The van der Waals surface area contributed by atoms with Crippen molar-refractivity contribution in [2.75, 3.05) is 18.4 Å². The first kappa shape index (κ1) is 15.2. The smallest absolute Gasteiger partial charge is 0.229 e. The first-order valence-corrected chi connectivity index (χ1v) is 7.34. The Labute approximate surface area is 128 Å². The second kappa shape index (κ2) is 6.08. The number of rotatable bonds is 3. The van der Waals surface area contributed by atoms with Gasteiger partial charge in [-0.15, -0.1) is 12.4 Å². The van der Waals surface area contributed by atoms with Gasteiger partial charge in [-0.2, -0.15) is 0 Å². The number of para-hydroxylation sites is 1. The summed E-state index contributed by atoms with van der Waals surface area (Å²) in [4.78, 5) is 16.6. The third kappa shape index (κ3) is 2.80. The normalized spacial score (nSPS) is 16.3. The minimum atomic E-state index is 0. The number of aromatic nitrogens is 1. The maximum atomic E-state index is 12.1. The van der Waals surface area contributed by atoms with Gasteiger partial charge >= 0.3 is 0 Å². The molecule has 108 valence electrons. The lowest BCUT2D eigenvalue weighted by molar-refractivity contribution is -0.121. The SMILES string of the molecule is Cc1cccc2sc(NC(=O)C(C)C3CNC3)nc12.Cl. The number of nitrogens with zero attached hydrogens (tertiary/aromatic N) is 1. The standard InChI is InChI=1S/C14H17N3OS.ClH/c1-8-4-3-5-11-12(8)16-14(19-11)17-13(18)9(2)10-6-15-7-10;/h3-5,9-10,15H,6-7H2,1-2H3,(H,16,17,18);1H. The molecule has 1 saturated heterocycles. The molecule has 0 bridgehead atoms. The number of halogens is 1. The molecule has 6 heteroatoms. The van der Waals surface area contributed by atoms with Gasteiger partial charge in [0.1, 0.15) is 0 Å². The Bertz CT molecular complexity index is 624. The first-order chi connectivity index (χ1) is 9.15. The molecular weight excluding hydrogens is 294 g/mol. The molecule has 1 aliphatic rings. The van der Waals surface area contributed by atoms with Gasteiger partial charge in [-0.1, -0.05) is 30.4 Å². The van der Waals surface area contributed by atoms with Crippen molar-refractivity contribution in [3.05, 3.63) is 23.8 Å². The minimum Gasteiger partial charge on any atom is -0.316 e. The van der Waals surface area contributed by atoms with E-state index in [1.807, 2.05) is 32.0 Å². The zero-order chi connectivity index (χ0) is 13.4. The molecule has 0 spiro atoms. The van der Waals surface area contributed by atoms with Gasteiger partial charge in [0.25, 0.3) is 0 Å². The number of fused-ring (bicyclic) bond motifs is 1. The zero-order valence-corrected chi connectivity index (χ0v) is 13.1. The number of anilines is 1. The fourth-order valence-corrected chi connectivity index (χ4v) is 3.18. The Kier molecular flexibility index (Phi) is 4.62. The highest BCUT2D eigenvalue weighted by molar-refractivity contribution is 7.22. The molecule has 1 aromatic carbocycles. The van der Waals surface area contributed by atoms with E-state index < -0.39 is 0 Å². The van der Waals surface area contributed by atoms with Crippen molar-refractivity contribution in [2.45, 2.75) is 13.8 Å². The van der Waals surface area contributed by atoms with Gasteiger partial charge < -0.3 is 10.6 Å². The molecular formula is C14H18ClN3OS. The summed E-state index contributed by atoms with van der Waals surface area (Å²) in [7, 11) is 0. The van der Waals surface area contributed by atoms with Crippen LogP contribution in [0.1, 0.15) is 12.5 Å². The van der Waals surface area contributed by atoms with E-state index in [2.05, 4.69) is 15.6 Å². The van der Waals surface area contributed by atoms with Crippen LogP contribution in [0.4, 0.5) is 5.13 Å². The van der Waals surface area contributed by atoms with Crippen LogP contribution in [0, 0.1) is 18.8 Å². The van der Waals surface area contributed by atoms with E-state index in [4.69, 9.17) is 0 Å². The Balaban J connectivity index is 0.00000147. The van der Waals surface area contributed by atoms with Crippen LogP contribution in [0.2, 0.25) is 0 Å². The summed E-state index contributed by atoms with van der Waals surface area (Å²) in [5.41, 5.74) is 2.13. The third-order valence-electron chi connectivity index (χ3n) is 3.78. The first-order valence-electron chi connectivity index (χ1n) is 6.53. The highest BCUT2D eigenvalue weighted by Crippen LogP contribution is 2.28. The van der Waals surface area contributed by atoms with Crippen molar-refractivity contribution in [2.24, 2.45) is 11.8 Å². The van der Waals surface area contributed by atoms with E-state index in [1.165, 1.54) is 11.3 Å². The zero-order valence-electron chi connectivity index (χ0n) is 11.5. The summed E-state index contributed by atoms with van der Waals surface area (Å²) >= 11 is 1.54. The van der Waals surface area contributed by atoms with E-state index in [1.54, 1.807) is 0 Å². The molecule has 4 nitrogen and oxygen atoms in total. The molecule has 2 heterocycles. The Hall–Kier alpha value is -1.17. The van der Waals surface area contributed by atoms with E-state index in [9.17, 15) is 4.79 Å². The molecule has 1 amide bonds. The van der Waals surface area contributed by atoms with Crippen LogP contribution in [-0.2, 0) is 4.79 Å². The molecule has 1 aromatic heterocycles. The van der Waals surface area contributed by atoms with Crippen LogP contribution in [0.25, 0.3) is 10.2 Å². The highest BCUT2D eigenvalue weighted by Gasteiger charge is 2.29. The molecule has 0 radical (unpaired) electrons. The second-order valence-corrected chi connectivity index (χ2v) is 6.17. The highest BCUT2D eigenvalue weighted by atomic mass is 35.5. The van der Waals surface area contributed by atoms with Crippen LogP contribution >= 0.6 is 23.7 Å². The Morgan fingerprint density at radius 2 is 2.25 bits per heavy atom. The van der Waals surface area contributed by atoms with Gasteiger partial charge in [0.05, 0.1) is 10.2 Å². The molecule has 1 unspecified atom stereocenters. The lowest BCUT2D eigenvalue weighted by Crippen LogP contribution is -2.48. The predicted molar refractivity (Wildman–Crippen MR) is 85.8 cm³/mol. The molecule has 1 atom stereocenters. The predicted octanol–water partition coefficient (Wildman–Crippen LogP) is 2.82. The number of carbonyl (C=O) groups is 1. The largest absolute Gasteiger partial charge is 0.316 e. The Morgan fingerprint density at radius 3 is 2.85 bits per heavy atom. The van der Waals surface area contributed by atoms with Gasteiger partial charge in [-0.25, -0.2) is 4.98 Å². The minimum absolute atomic E-state index is 0. The lowest BCUT2D eigenvalue weighted by Gasteiger charge is -2.31.